The molecule has 2 unspecified atom stereocenters. The number of aliphatic carboxylic acids is 1. The third kappa shape index (κ3) is 3.86. The normalized spacial score (nSPS) is 23.7. The average Bonchev–Trinajstić information content (AvgIpc) is 2.42. The van der Waals surface area contributed by atoms with E-state index in [0.717, 1.165) is 28.8 Å². The molecule has 1 fully saturated rings. The van der Waals surface area contributed by atoms with Gasteiger partial charge in [0.15, 0.2) is 0 Å². The number of benzene rings is 1. The molecule has 5 heteroatoms. The van der Waals surface area contributed by atoms with Gasteiger partial charge in [0, 0.05) is 41.4 Å². The number of piperazine rings is 1. The molecular formula is C16H21BrN2O2. The maximum atomic E-state index is 10.8. The Morgan fingerprint density at radius 2 is 1.95 bits per heavy atom. The van der Waals surface area contributed by atoms with E-state index in [1.165, 1.54) is 6.08 Å². The van der Waals surface area contributed by atoms with Crippen LogP contribution in [-0.4, -0.2) is 48.2 Å². The zero-order chi connectivity index (χ0) is 15.6. The zero-order valence-electron chi connectivity index (χ0n) is 12.6. The Morgan fingerprint density at radius 1 is 1.33 bits per heavy atom. The molecule has 0 amide bonds. The van der Waals surface area contributed by atoms with E-state index in [1.807, 2.05) is 12.1 Å². The number of anilines is 1. The minimum absolute atomic E-state index is 0.466. The number of rotatable bonds is 3. The van der Waals surface area contributed by atoms with Crippen LogP contribution in [0.5, 0.6) is 0 Å². The molecule has 4 nitrogen and oxygen atoms in total. The predicted octanol–water partition coefficient (Wildman–Crippen LogP) is 3.08. The van der Waals surface area contributed by atoms with Gasteiger partial charge in [0.05, 0.1) is 0 Å². The van der Waals surface area contributed by atoms with E-state index in [2.05, 4.69) is 52.7 Å². The van der Waals surface area contributed by atoms with Gasteiger partial charge in [0.1, 0.15) is 0 Å². The van der Waals surface area contributed by atoms with E-state index in [9.17, 15) is 4.79 Å². The van der Waals surface area contributed by atoms with E-state index >= 15 is 0 Å². The first-order valence-electron chi connectivity index (χ1n) is 7.06. The maximum Gasteiger partial charge on any atom is 0.328 e. The lowest BCUT2D eigenvalue weighted by Crippen LogP contribution is -2.55. The van der Waals surface area contributed by atoms with Crippen LogP contribution in [0.15, 0.2) is 28.7 Å². The summed E-state index contributed by atoms with van der Waals surface area (Å²) in [4.78, 5) is 15.5. The van der Waals surface area contributed by atoms with Crippen LogP contribution in [0.1, 0.15) is 19.4 Å². The smallest absolute Gasteiger partial charge is 0.328 e. The molecule has 1 aliphatic rings. The molecule has 1 aromatic carbocycles. The lowest BCUT2D eigenvalue weighted by atomic mass is 10.1. The first-order valence-corrected chi connectivity index (χ1v) is 7.85. The summed E-state index contributed by atoms with van der Waals surface area (Å²) < 4.78 is 0.950. The van der Waals surface area contributed by atoms with Gasteiger partial charge in [-0.3, -0.25) is 4.90 Å². The summed E-state index contributed by atoms with van der Waals surface area (Å²) in [5.41, 5.74) is 2.01. The Bertz CT molecular complexity index is 547. The molecule has 1 heterocycles. The van der Waals surface area contributed by atoms with Crippen molar-refractivity contribution in [3.05, 3.63) is 34.3 Å². The standard InChI is InChI=1S/C16H21BrN2O2/c1-11-9-19(10-12(2)18(11)3)15-6-5-14(17)8-13(15)4-7-16(20)21/h4-8,11-12H,9-10H2,1-3H3,(H,20,21)/b7-4+. The Balaban J connectivity index is 2.32. The zero-order valence-corrected chi connectivity index (χ0v) is 14.2. The molecule has 0 aliphatic carbocycles. The quantitative estimate of drug-likeness (QED) is 0.849. The van der Waals surface area contributed by atoms with Gasteiger partial charge in [0.25, 0.3) is 0 Å². The second-order valence-corrected chi connectivity index (χ2v) is 6.56. The third-order valence-electron chi connectivity index (χ3n) is 4.10. The number of carboxylic acid groups (broad SMARTS) is 1. The van der Waals surface area contributed by atoms with Crippen LogP contribution in [0.4, 0.5) is 5.69 Å². The van der Waals surface area contributed by atoms with Crippen molar-refractivity contribution in [2.45, 2.75) is 25.9 Å². The number of nitrogens with zero attached hydrogens (tertiary/aromatic N) is 2. The fourth-order valence-electron chi connectivity index (χ4n) is 2.71. The Labute approximate surface area is 134 Å². The van der Waals surface area contributed by atoms with E-state index < -0.39 is 5.97 Å². The van der Waals surface area contributed by atoms with Gasteiger partial charge in [-0.1, -0.05) is 15.9 Å². The lowest BCUT2D eigenvalue weighted by Gasteiger charge is -2.44. The van der Waals surface area contributed by atoms with E-state index in [-0.39, 0.29) is 0 Å². The van der Waals surface area contributed by atoms with Crippen molar-refractivity contribution in [3.63, 3.8) is 0 Å². The highest BCUT2D eigenvalue weighted by Crippen LogP contribution is 2.28. The number of likely N-dealkylation sites (N-methyl/N-ethyl adjacent to an activating group) is 1. The molecule has 1 saturated heterocycles. The lowest BCUT2D eigenvalue weighted by molar-refractivity contribution is -0.131. The van der Waals surface area contributed by atoms with Gasteiger partial charge in [0.2, 0.25) is 0 Å². The molecule has 0 bridgehead atoms. The number of hydrogen-bond donors (Lipinski definition) is 1. The summed E-state index contributed by atoms with van der Waals surface area (Å²) in [6.07, 6.45) is 2.85. The van der Waals surface area contributed by atoms with Gasteiger partial charge < -0.3 is 10.0 Å². The summed E-state index contributed by atoms with van der Waals surface area (Å²) in [5.74, 6) is -0.930. The van der Waals surface area contributed by atoms with Crippen molar-refractivity contribution in [3.8, 4) is 0 Å². The molecule has 0 aromatic heterocycles. The molecule has 0 saturated carbocycles. The topological polar surface area (TPSA) is 43.8 Å². The molecule has 2 rings (SSSR count). The number of carbonyl (C=O) groups is 1. The molecule has 0 radical (unpaired) electrons. The summed E-state index contributed by atoms with van der Waals surface area (Å²) in [7, 11) is 2.15. The molecule has 2 atom stereocenters. The summed E-state index contributed by atoms with van der Waals surface area (Å²) in [6.45, 7) is 6.31. The second-order valence-electron chi connectivity index (χ2n) is 5.64. The minimum Gasteiger partial charge on any atom is -0.478 e. The first kappa shape index (κ1) is 16.0. The van der Waals surface area contributed by atoms with E-state index in [0.29, 0.717) is 12.1 Å². The van der Waals surface area contributed by atoms with Crippen LogP contribution in [-0.2, 0) is 4.79 Å². The third-order valence-corrected chi connectivity index (χ3v) is 4.59. The van der Waals surface area contributed by atoms with Crippen molar-refractivity contribution in [1.82, 2.24) is 4.90 Å². The van der Waals surface area contributed by atoms with Crippen molar-refractivity contribution in [2.24, 2.45) is 0 Å². The Hall–Kier alpha value is -1.33. The van der Waals surface area contributed by atoms with E-state index in [4.69, 9.17) is 5.11 Å². The number of halogens is 1. The van der Waals surface area contributed by atoms with Gasteiger partial charge >= 0.3 is 5.97 Å². The highest BCUT2D eigenvalue weighted by Gasteiger charge is 2.27. The molecule has 114 valence electrons. The van der Waals surface area contributed by atoms with Crippen LogP contribution in [0, 0.1) is 0 Å². The molecule has 0 spiro atoms. The Kier molecular flexibility index (Phi) is 5.06. The summed E-state index contributed by atoms with van der Waals surface area (Å²) >= 11 is 3.45. The molecular weight excluding hydrogens is 332 g/mol. The number of carboxylic acids is 1. The highest BCUT2D eigenvalue weighted by atomic mass is 79.9. The van der Waals surface area contributed by atoms with Crippen LogP contribution in [0.25, 0.3) is 6.08 Å². The van der Waals surface area contributed by atoms with Gasteiger partial charge in [-0.05, 0) is 50.7 Å². The predicted molar refractivity (Wildman–Crippen MR) is 89.7 cm³/mol. The molecule has 1 aromatic rings. The Morgan fingerprint density at radius 3 is 2.52 bits per heavy atom. The SMILES string of the molecule is CC1CN(c2ccc(Br)cc2/C=C/C(=O)O)CC(C)N1C. The fraction of sp³-hybridized carbons (Fsp3) is 0.438. The van der Waals surface area contributed by atoms with Crippen LogP contribution >= 0.6 is 15.9 Å². The monoisotopic (exact) mass is 352 g/mol. The first-order chi connectivity index (χ1) is 9.88. The average molecular weight is 353 g/mol. The molecule has 1 aliphatic heterocycles. The highest BCUT2D eigenvalue weighted by molar-refractivity contribution is 9.10. The van der Waals surface area contributed by atoms with Crippen molar-refractivity contribution < 1.29 is 9.90 Å². The fourth-order valence-corrected chi connectivity index (χ4v) is 3.09. The summed E-state index contributed by atoms with van der Waals surface area (Å²) in [5, 5.41) is 8.85. The van der Waals surface area contributed by atoms with Gasteiger partial charge in [-0.2, -0.15) is 0 Å². The van der Waals surface area contributed by atoms with Crippen LogP contribution in [0.3, 0.4) is 0 Å². The molecule has 1 N–H and O–H groups in total. The summed E-state index contributed by atoms with van der Waals surface area (Å²) in [6, 6.07) is 6.95. The van der Waals surface area contributed by atoms with Crippen molar-refractivity contribution in [1.29, 1.82) is 0 Å². The maximum absolute atomic E-state index is 10.8. The van der Waals surface area contributed by atoms with Crippen LogP contribution < -0.4 is 4.90 Å². The number of hydrogen-bond acceptors (Lipinski definition) is 3. The van der Waals surface area contributed by atoms with Gasteiger partial charge in [-0.15, -0.1) is 0 Å². The van der Waals surface area contributed by atoms with Crippen LogP contribution in [0.2, 0.25) is 0 Å². The largest absolute Gasteiger partial charge is 0.478 e. The van der Waals surface area contributed by atoms with Crippen molar-refractivity contribution >= 4 is 33.7 Å². The van der Waals surface area contributed by atoms with Crippen molar-refractivity contribution in [2.75, 3.05) is 25.0 Å². The van der Waals surface area contributed by atoms with E-state index in [1.54, 1.807) is 6.08 Å². The van der Waals surface area contributed by atoms with Gasteiger partial charge in [-0.25, -0.2) is 4.79 Å². The molecule has 21 heavy (non-hydrogen) atoms. The minimum atomic E-state index is -0.930. The second kappa shape index (κ2) is 6.62.